The maximum absolute atomic E-state index is 12.6. The van der Waals surface area contributed by atoms with Crippen LogP contribution in [0.4, 0.5) is 4.79 Å². The number of carbonyl (C=O) groups is 2. The third kappa shape index (κ3) is 4.00. The summed E-state index contributed by atoms with van der Waals surface area (Å²) in [5.41, 5.74) is 0. The number of piperidine rings is 1. The van der Waals surface area contributed by atoms with Crippen LogP contribution in [0.15, 0.2) is 0 Å². The van der Waals surface area contributed by atoms with Gasteiger partial charge in [-0.3, -0.25) is 9.69 Å². The smallest absolute Gasteiger partial charge is 0.320 e. The molecule has 3 aliphatic heterocycles. The van der Waals surface area contributed by atoms with E-state index in [0.29, 0.717) is 39.4 Å². The number of rotatable bonds is 2. The van der Waals surface area contributed by atoms with Crippen molar-refractivity contribution < 1.29 is 14.3 Å². The minimum atomic E-state index is -0.0799. The molecule has 0 N–H and O–H groups in total. The van der Waals surface area contributed by atoms with Crippen molar-refractivity contribution in [1.29, 1.82) is 0 Å². The van der Waals surface area contributed by atoms with Crippen LogP contribution in [0.2, 0.25) is 0 Å². The first-order chi connectivity index (χ1) is 11.7. The fraction of sp³-hybridized carbons (Fsp3) is 0.882. The lowest BCUT2D eigenvalue weighted by Gasteiger charge is -2.41. The monoisotopic (exact) mass is 338 g/mol. The van der Waals surface area contributed by atoms with E-state index in [-0.39, 0.29) is 18.0 Å². The molecule has 0 saturated carbocycles. The fourth-order valence-electron chi connectivity index (χ4n) is 3.79. The van der Waals surface area contributed by atoms with E-state index in [1.54, 1.807) is 0 Å². The number of urea groups is 1. The molecule has 24 heavy (non-hydrogen) atoms. The highest BCUT2D eigenvalue weighted by atomic mass is 16.5. The van der Waals surface area contributed by atoms with Gasteiger partial charge >= 0.3 is 6.03 Å². The second-order valence-electron chi connectivity index (χ2n) is 6.97. The summed E-state index contributed by atoms with van der Waals surface area (Å²) in [5, 5.41) is 0. The number of nitrogens with zero attached hydrogens (tertiary/aromatic N) is 4. The van der Waals surface area contributed by atoms with Crippen molar-refractivity contribution in [3.8, 4) is 0 Å². The van der Waals surface area contributed by atoms with E-state index in [0.717, 1.165) is 39.0 Å². The molecular formula is C17H30N4O3. The normalized spacial score (nSPS) is 24.8. The predicted molar refractivity (Wildman–Crippen MR) is 90.8 cm³/mol. The molecule has 136 valence electrons. The van der Waals surface area contributed by atoms with Crippen LogP contribution in [0.1, 0.15) is 26.2 Å². The van der Waals surface area contributed by atoms with Crippen LogP contribution >= 0.6 is 0 Å². The van der Waals surface area contributed by atoms with Gasteiger partial charge in [0.05, 0.1) is 19.3 Å². The second kappa shape index (κ2) is 8.16. The highest BCUT2D eigenvalue weighted by molar-refractivity contribution is 5.81. The van der Waals surface area contributed by atoms with Crippen LogP contribution in [0.3, 0.4) is 0 Å². The Morgan fingerprint density at radius 1 is 0.750 bits per heavy atom. The van der Waals surface area contributed by atoms with Crippen molar-refractivity contribution in [1.82, 2.24) is 19.6 Å². The average molecular weight is 338 g/mol. The summed E-state index contributed by atoms with van der Waals surface area (Å²) < 4.78 is 5.31. The van der Waals surface area contributed by atoms with Gasteiger partial charge in [0.15, 0.2) is 0 Å². The van der Waals surface area contributed by atoms with Crippen LogP contribution < -0.4 is 0 Å². The molecular weight excluding hydrogens is 308 g/mol. The number of hydrogen-bond donors (Lipinski definition) is 0. The number of amides is 3. The molecule has 0 aromatic heterocycles. The molecule has 0 aliphatic carbocycles. The van der Waals surface area contributed by atoms with E-state index in [1.165, 1.54) is 6.42 Å². The Bertz CT molecular complexity index is 439. The Labute approximate surface area is 144 Å². The Hall–Kier alpha value is -1.34. The molecule has 3 aliphatic rings. The summed E-state index contributed by atoms with van der Waals surface area (Å²) in [6, 6.07) is 0.0386. The lowest BCUT2D eigenvalue weighted by atomic mass is 10.1. The summed E-state index contributed by atoms with van der Waals surface area (Å²) in [6.07, 6.45) is 3.49. The van der Waals surface area contributed by atoms with Gasteiger partial charge in [0.2, 0.25) is 5.91 Å². The van der Waals surface area contributed by atoms with Gasteiger partial charge in [-0.2, -0.15) is 0 Å². The lowest BCUT2D eigenvalue weighted by Crippen LogP contribution is -2.58. The van der Waals surface area contributed by atoms with Crippen molar-refractivity contribution in [3.63, 3.8) is 0 Å². The minimum Gasteiger partial charge on any atom is -0.378 e. The Morgan fingerprint density at radius 2 is 1.33 bits per heavy atom. The highest BCUT2D eigenvalue weighted by Crippen LogP contribution is 2.15. The molecule has 0 spiro atoms. The molecule has 0 bridgehead atoms. The molecule has 3 amide bonds. The number of morpholine rings is 1. The van der Waals surface area contributed by atoms with Crippen LogP contribution in [0.5, 0.6) is 0 Å². The summed E-state index contributed by atoms with van der Waals surface area (Å²) in [4.78, 5) is 33.2. The second-order valence-corrected chi connectivity index (χ2v) is 6.97. The molecule has 3 fully saturated rings. The molecule has 3 heterocycles. The SMILES string of the molecule is CC(C(=O)N1CCCCC1)N1CCN(C(=O)N2CCOCC2)CC1. The zero-order valence-corrected chi connectivity index (χ0v) is 14.8. The van der Waals surface area contributed by atoms with E-state index in [2.05, 4.69) is 4.90 Å². The van der Waals surface area contributed by atoms with E-state index < -0.39 is 0 Å². The molecule has 7 heteroatoms. The number of hydrogen-bond acceptors (Lipinski definition) is 4. The maximum atomic E-state index is 12.6. The molecule has 7 nitrogen and oxygen atoms in total. The van der Waals surface area contributed by atoms with Crippen molar-refractivity contribution in [3.05, 3.63) is 0 Å². The maximum Gasteiger partial charge on any atom is 0.320 e. The first-order valence-corrected chi connectivity index (χ1v) is 9.31. The number of likely N-dealkylation sites (tertiary alicyclic amines) is 1. The van der Waals surface area contributed by atoms with Gasteiger partial charge in [0.25, 0.3) is 0 Å². The molecule has 0 aromatic carbocycles. The molecule has 0 radical (unpaired) electrons. The topological polar surface area (TPSA) is 56.3 Å². The first kappa shape index (κ1) is 17.5. The van der Waals surface area contributed by atoms with Crippen molar-refractivity contribution in [2.45, 2.75) is 32.2 Å². The first-order valence-electron chi connectivity index (χ1n) is 9.31. The summed E-state index contributed by atoms with van der Waals surface area (Å²) in [5.74, 6) is 0.252. The summed E-state index contributed by atoms with van der Waals surface area (Å²) in [6.45, 7) is 9.40. The van der Waals surface area contributed by atoms with Gasteiger partial charge < -0.3 is 19.4 Å². The quantitative estimate of drug-likeness (QED) is 0.734. The van der Waals surface area contributed by atoms with Gasteiger partial charge in [-0.25, -0.2) is 4.79 Å². The number of carbonyl (C=O) groups excluding carboxylic acids is 2. The van der Waals surface area contributed by atoms with Crippen LogP contribution in [-0.4, -0.2) is 103 Å². The molecule has 0 aromatic rings. The van der Waals surface area contributed by atoms with Gasteiger partial charge in [0.1, 0.15) is 0 Å². The minimum absolute atomic E-state index is 0.0799. The molecule has 1 atom stereocenters. The van der Waals surface area contributed by atoms with Crippen LogP contribution in [-0.2, 0) is 9.53 Å². The standard InChI is InChI=1S/C17H30N4O3/c1-15(16(22)19-5-3-2-4-6-19)18-7-9-20(10-8-18)17(23)21-11-13-24-14-12-21/h15H,2-14H2,1H3. The van der Waals surface area contributed by atoms with Crippen molar-refractivity contribution >= 4 is 11.9 Å². The van der Waals surface area contributed by atoms with Crippen molar-refractivity contribution in [2.75, 3.05) is 65.6 Å². The van der Waals surface area contributed by atoms with Gasteiger partial charge in [-0.15, -0.1) is 0 Å². The van der Waals surface area contributed by atoms with Crippen LogP contribution in [0, 0.1) is 0 Å². The highest BCUT2D eigenvalue weighted by Gasteiger charge is 2.31. The Morgan fingerprint density at radius 3 is 1.96 bits per heavy atom. The van der Waals surface area contributed by atoms with Gasteiger partial charge in [-0.1, -0.05) is 0 Å². The molecule has 1 unspecified atom stereocenters. The Balaban J connectivity index is 1.47. The zero-order chi connectivity index (χ0) is 16.9. The number of piperazine rings is 1. The Kier molecular flexibility index (Phi) is 5.94. The third-order valence-electron chi connectivity index (χ3n) is 5.44. The summed E-state index contributed by atoms with van der Waals surface area (Å²) in [7, 11) is 0. The molecule has 3 saturated heterocycles. The average Bonchev–Trinajstić information content (AvgIpc) is 2.68. The fourth-order valence-corrected chi connectivity index (χ4v) is 3.79. The third-order valence-corrected chi connectivity index (χ3v) is 5.44. The predicted octanol–water partition coefficient (Wildman–Crippen LogP) is 0.457. The van der Waals surface area contributed by atoms with E-state index in [1.807, 2.05) is 21.6 Å². The largest absolute Gasteiger partial charge is 0.378 e. The lowest BCUT2D eigenvalue weighted by molar-refractivity contribution is -0.137. The summed E-state index contributed by atoms with van der Waals surface area (Å²) >= 11 is 0. The van der Waals surface area contributed by atoms with Crippen LogP contribution in [0.25, 0.3) is 0 Å². The van der Waals surface area contributed by atoms with E-state index >= 15 is 0 Å². The van der Waals surface area contributed by atoms with Gasteiger partial charge in [-0.05, 0) is 26.2 Å². The van der Waals surface area contributed by atoms with Crippen molar-refractivity contribution in [2.24, 2.45) is 0 Å². The number of ether oxygens (including phenoxy) is 1. The van der Waals surface area contributed by atoms with Gasteiger partial charge in [0, 0.05) is 52.4 Å². The van der Waals surface area contributed by atoms with E-state index in [9.17, 15) is 9.59 Å². The molecule has 3 rings (SSSR count). The zero-order valence-electron chi connectivity index (χ0n) is 14.8. The van der Waals surface area contributed by atoms with E-state index in [4.69, 9.17) is 4.74 Å².